The van der Waals surface area contributed by atoms with Crippen molar-refractivity contribution < 1.29 is 5.11 Å². The number of aliphatic hydroxyl groups excluding tert-OH is 1. The maximum absolute atomic E-state index is 11.2. The van der Waals surface area contributed by atoms with E-state index < -0.39 is 6.10 Å². The van der Waals surface area contributed by atoms with E-state index in [1.807, 2.05) is 25.1 Å². The Kier molecular flexibility index (Phi) is 3.70. The molecule has 0 spiro atoms. The summed E-state index contributed by atoms with van der Waals surface area (Å²) < 4.78 is 0. The molecule has 1 N–H and O–H groups in total. The molecule has 3 heteroatoms. The number of fused-ring (bicyclic) bond motifs is 4. The van der Waals surface area contributed by atoms with Crippen LogP contribution in [-0.4, -0.2) is 34.1 Å². The summed E-state index contributed by atoms with van der Waals surface area (Å²) in [6, 6.07) is 10.4. The number of hydrogen-bond donors (Lipinski definition) is 1. The van der Waals surface area contributed by atoms with E-state index in [0.717, 1.165) is 41.7 Å². The average Bonchev–Trinajstić information content (AvgIpc) is 2.60. The second kappa shape index (κ2) is 5.73. The molecule has 0 amide bonds. The van der Waals surface area contributed by atoms with Gasteiger partial charge in [0.2, 0.25) is 0 Å². The fraction of sp³-hybridized carbons (Fsp3) is 0.450. The number of aromatic nitrogens is 1. The van der Waals surface area contributed by atoms with E-state index in [2.05, 4.69) is 34.7 Å². The SMILES string of the molecule is C=C[C@H]1CN2CC[C@@H]1C[C@@H]2[C@@H](O)c1cc(C)nc2ccccc12. The number of aryl methyl sites for hydroxylation is 1. The smallest absolute Gasteiger partial charge is 0.0952 e. The van der Waals surface area contributed by atoms with E-state index in [1.165, 1.54) is 6.42 Å². The Labute approximate surface area is 137 Å². The lowest BCUT2D eigenvalue weighted by atomic mass is 9.73. The lowest BCUT2D eigenvalue weighted by molar-refractivity contribution is -0.0445. The Morgan fingerprint density at radius 3 is 2.96 bits per heavy atom. The van der Waals surface area contributed by atoms with Crippen LogP contribution in [0.3, 0.4) is 0 Å². The van der Waals surface area contributed by atoms with Crippen molar-refractivity contribution in [2.75, 3.05) is 13.1 Å². The van der Waals surface area contributed by atoms with Gasteiger partial charge in [0.05, 0.1) is 11.6 Å². The highest BCUT2D eigenvalue weighted by atomic mass is 16.3. The minimum atomic E-state index is -0.449. The van der Waals surface area contributed by atoms with Crippen LogP contribution in [-0.2, 0) is 0 Å². The van der Waals surface area contributed by atoms with Gasteiger partial charge in [0.1, 0.15) is 0 Å². The normalized spacial score (nSPS) is 31.2. The molecule has 0 aliphatic carbocycles. The number of para-hydroxylation sites is 1. The van der Waals surface area contributed by atoms with E-state index in [4.69, 9.17) is 0 Å². The monoisotopic (exact) mass is 308 g/mol. The molecule has 5 rings (SSSR count). The van der Waals surface area contributed by atoms with Gasteiger partial charge in [-0.2, -0.15) is 0 Å². The van der Waals surface area contributed by atoms with E-state index in [0.29, 0.717) is 11.8 Å². The molecule has 3 aliphatic rings. The van der Waals surface area contributed by atoms with E-state index in [-0.39, 0.29) is 6.04 Å². The minimum absolute atomic E-state index is 0.218. The maximum Gasteiger partial charge on any atom is 0.0952 e. The molecule has 2 aromatic rings. The van der Waals surface area contributed by atoms with E-state index in [1.54, 1.807) is 0 Å². The molecule has 1 aromatic carbocycles. The summed E-state index contributed by atoms with van der Waals surface area (Å²) in [4.78, 5) is 7.06. The summed E-state index contributed by atoms with van der Waals surface area (Å²) in [6.45, 7) is 8.13. The molecule has 1 aromatic heterocycles. The van der Waals surface area contributed by atoms with Crippen LogP contribution in [0.4, 0.5) is 0 Å². The van der Waals surface area contributed by atoms with Crippen molar-refractivity contribution in [1.29, 1.82) is 0 Å². The largest absolute Gasteiger partial charge is 0.387 e. The highest BCUT2D eigenvalue weighted by Gasteiger charge is 2.42. The summed E-state index contributed by atoms with van der Waals surface area (Å²) in [7, 11) is 0. The molecule has 3 fully saturated rings. The molecule has 120 valence electrons. The quantitative estimate of drug-likeness (QED) is 0.882. The van der Waals surface area contributed by atoms with Gasteiger partial charge in [-0.05, 0) is 55.8 Å². The van der Waals surface area contributed by atoms with Gasteiger partial charge in [0.25, 0.3) is 0 Å². The van der Waals surface area contributed by atoms with Crippen molar-refractivity contribution in [3.63, 3.8) is 0 Å². The van der Waals surface area contributed by atoms with Crippen LogP contribution < -0.4 is 0 Å². The molecule has 23 heavy (non-hydrogen) atoms. The lowest BCUT2D eigenvalue weighted by Gasteiger charge is -2.50. The van der Waals surface area contributed by atoms with E-state index in [9.17, 15) is 5.11 Å². The van der Waals surface area contributed by atoms with Gasteiger partial charge in [0.15, 0.2) is 0 Å². The first-order valence-electron chi connectivity index (χ1n) is 8.58. The highest BCUT2D eigenvalue weighted by molar-refractivity contribution is 5.82. The standard InChI is InChI=1S/C20H24N2O/c1-3-14-12-22-9-8-15(14)11-19(22)20(23)17-10-13(2)21-18-7-5-4-6-16(17)18/h3-7,10,14-15,19-20,23H,1,8-9,11-12H2,2H3/t14-,15+,19+,20-/m0/s1. The van der Waals surface area contributed by atoms with Gasteiger partial charge >= 0.3 is 0 Å². The fourth-order valence-electron chi connectivity index (χ4n) is 4.50. The van der Waals surface area contributed by atoms with Crippen molar-refractivity contribution >= 4 is 10.9 Å². The first-order valence-corrected chi connectivity index (χ1v) is 8.58. The number of rotatable bonds is 3. The Bertz CT molecular complexity index is 741. The van der Waals surface area contributed by atoms with Gasteiger partial charge in [-0.25, -0.2) is 0 Å². The first kappa shape index (κ1) is 14.9. The number of hydrogen-bond acceptors (Lipinski definition) is 3. The Balaban J connectivity index is 1.70. The van der Waals surface area contributed by atoms with Crippen molar-refractivity contribution in [3.05, 3.63) is 54.2 Å². The Morgan fingerprint density at radius 1 is 1.39 bits per heavy atom. The van der Waals surface area contributed by atoms with Crippen molar-refractivity contribution in [1.82, 2.24) is 9.88 Å². The van der Waals surface area contributed by atoms with Gasteiger partial charge in [0, 0.05) is 23.7 Å². The summed E-state index contributed by atoms with van der Waals surface area (Å²) >= 11 is 0. The molecule has 3 saturated heterocycles. The minimum Gasteiger partial charge on any atom is -0.387 e. The molecule has 3 nitrogen and oxygen atoms in total. The zero-order valence-electron chi connectivity index (χ0n) is 13.7. The predicted molar refractivity (Wildman–Crippen MR) is 93.2 cm³/mol. The topological polar surface area (TPSA) is 36.4 Å². The van der Waals surface area contributed by atoms with Crippen LogP contribution in [0.15, 0.2) is 43.0 Å². The summed E-state index contributed by atoms with van der Waals surface area (Å²) in [6.07, 6.45) is 3.95. The zero-order valence-corrected chi connectivity index (χ0v) is 13.7. The first-order chi connectivity index (χ1) is 11.2. The molecular weight excluding hydrogens is 284 g/mol. The van der Waals surface area contributed by atoms with Gasteiger partial charge in [-0.1, -0.05) is 24.3 Å². The van der Waals surface area contributed by atoms with Crippen LogP contribution in [0.25, 0.3) is 10.9 Å². The molecule has 1 unspecified atom stereocenters. The third-order valence-electron chi connectivity index (χ3n) is 5.71. The zero-order chi connectivity index (χ0) is 16.0. The number of pyridine rings is 1. The predicted octanol–water partition coefficient (Wildman–Crippen LogP) is 3.47. The van der Waals surface area contributed by atoms with Gasteiger partial charge in [-0.3, -0.25) is 9.88 Å². The number of aliphatic hydroxyl groups is 1. The molecule has 0 radical (unpaired) electrons. The van der Waals surface area contributed by atoms with Gasteiger partial charge < -0.3 is 5.11 Å². The second-order valence-electron chi connectivity index (χ2n) is 7.06. The van der Waals surface area contributed by atoms with Crippen LogP contribution in [0.5, 0.6) is 0 Å². The lowest BCUT2D eigenvalue weighted by Crippen LogP contribution is -2.54. The fourth-order valence-corrected chi connectivity index (χ4v) is 4.50. The molecule has 4 heterocycles. The van der Waals surface area contributed by atoms with E-state index >= 15 is 0 Å². The highest BCUT2D eigenvalue weighted by Crippen LogP contribution is 2.42. The maximum atomic E-state index is 11.2. The Morgan fingerprint density at radius 2 is 2.22 bits per heavy atom. The summed E-state index contributed by atoms with van der Waals surface area (Å²) in [5.74, 6) is 1.26. The number of benzene rings is 1. The van der Waals surface area contributed by atoms with Gasteiger partial charge in [-0.15, -0.1) is 6.58 Å². The average molecular weight is 308 g/mol. The van der Waals surface area contributed by atoms with Crippen molar-refractivity contribution in [2.24, 2.45) is 11.8 Å². The summed E-state index contributed by atoms with van der Waals surface area (Å²) in [5, 5.41) is 12.2. The number of nitrogens with zero attached hydrogens (tertiary/aromatic N) is 2. The van der Waals surface area contributed by atoms with Crippen molar-refractivity contribution in [2.45, 2.75) is 31.9 Å². The summed E-state index contributed by atoms with van der Waals surface area (Å²) in [5.41, 5.74) is 2.97. The molecule has 0 saturated carbocycles. The molecular formula is C20H24N2O. The molecule has 2 bridgehead atoms. The third kappa shape index (κ3) is 2.48. The molecule has 3 aliphatic heterocycles. The van der Waals surface area contributed by atoms with Crippen molar-refractivity contribution in [3.8, 4) is 0 Å². The van der Waals surface area contributed by atoms with Crippen LogP contribution in [0.1, 0.15) is 30.2 Å². The Hall–Kier alpha value is -1.71. The molecule has 5 atom stereocenters. The second-order valence-corrected chi connectivity index (χ2v) is 7.06. The van der Waals surface area contributed by atoms with Crippen LogP contribution in [0, 0.1) is 18.8 Å². The van der Waals surface area contributed by atoms with Crippen LogP contribution >= 0.6 is 0 Å². The number of piperidine rings is 3. The third-order valence-corrected chi connectivity index (χ3v) is 5.71. The van der Waals surface area contributed by atoms with Crippen LogP contribution in [0.2, 0.25) is 0 Å².